The van der Waals surface area contributed by atoms with Crippen molar-refractivity contribution in [2.24, 2.45) is 0 Å². The van der Waals surface area contributed by atoms with Crippen molar-refractivity contribution >= 4 is 5.91 Å². The van der Waals surface area contributed by atoms with Crippen LogP contribution < -0.4 is 5.32 Å². The summed E-state index contributed by atoms with van der Waals surface area (Å²) in [4.78, 5) is 13.1. The van der Waals surface area contributed by atoms with Crippen LogP contribution in [0.5, 0.6) is 0 Å². The first-order valence-electron chi connectivity index (χ1n) is 30.2. The molecule has 1 saturated heterocycles. The van der Waals surface area contributed by atoms with E-state index in [1.807, 2.05) is 0 Å². The van der Waals surface area contributed by atoms with Gasteiger partial charge in [-0.1, -0.05) is 296 Å². The number of ether oxygens (including phenoxy) is 2. The minimum Gasteiger partial charge on any atom is -0.394 e. The molecule has 9 nitrogen and oxygen atoms in total. The number of hydrogen-bond acceptors (Lipinski definition) is 8. The van der Waals surface area contributed by atoms with Crippen molar-refractivity contribution in [2.45, 2.75) is 358 Å². The van der Waals surface area contributed by atoms with Crippen molar-refractivity contribution in [3.8, 4) is 0 Å². The summed E-state index contributed by atoms with van der Waals surface area (Å²) in [5.41, 5.74) is 0. The number of amides is 1. The fraction of sp³-hybridized carbons (Fsp3) is 0.983. The second-order valence-electron chi connectivity index (χ2n) is 21.5. The third-order valence-electron chi connectivity index (χ3n) is 15.0. The van der Waals surface area contributed by atoms with Gasteiger partial charge in [-0.2, -0.15) is 0 Å². The molecular weight excluding hydrogens is 851 g/mol. The molecule has 7 atom stereocenters. The smallest absolute Gasteiger partial charge is 0.220 e. The van der Waals surface area contributed by atoms with E-state index in [9.17, 15) is 30.3 Å². The van der Waals surface area contributed by atoms with Crippen molar-refractivity contribution in [2.75, 3.05) is 13.2 Å². The number of hydrogen-bond donors (Lipinski definition) is 6. The van der Waals surface area contributed by atoms with Gasteiger partial charge < -0.3 is 40.3 Å². The van der Waals surface area contributed by atoms with Gasteiger partial charge in [0.1, 0.15) is 24.4 Å². The summed E-state index contributed by atoms with van der Waals surface area (Å²) in [7, 11) is 0. The van der Waals surface area contributed by atoms with Crippen LogP contribution in [0.25, 0.3) is 0 Å². The second-order valence-corrected chi connectivity index (χ2v) is 21.5. The molecule has 9 heteroatoms. The molecule has 0 saturated carbocycles. The zero-order valence-corrected chi connectivity index (χ0v) is 45.2. The highest BCUT2D eigenvalue weighted by Crippen LogP contribution is 2.24. The molecule has 0 aromatic heterocycles. The standard InChI is InChI=1S/C59H117NO8/c1-3-5-7-9-11-13-15-17-19-20-21-22-23-24-25-26-27-28-29-30-31-32-33-35-37-39-41-43-45-47-49-55(63)60-52(51-67-59-58(66)57(65)56(64)54(50-61)68-59)53(62)48-46-44-42-40-38-36-34-18-16-14-12-10-8-6-4-2/h52-54,56-59,61-62,64-66H,3-51H2,1-2H3,(H,60,63)/t52-,53+,54+,56-,57?,58?,59+/m0/s1. The maximum absolute atomic E-state index is 13.1. The number of carbonyl (C=O) groups is 1. The van der Waals surface area contributed by atoms with E-state index in [0.717, 1.165) is 38.5 Å². The Kier molecular flexibility index (Phi) is 47.7. The van der Waals surface area contributed by atoms with Crippen LogP contribution in [0.2, 0.25) is 0 Å². The summed E-state index contributed by atoms with van der Waals surface area (Å²) in [6.07, 6.45) is 52.9. The average molecular weight is 969 g/mol. The Hall–Kier alpha value is -0.810. The Bertz CT molecular complexity index is 1030. The van der Waals surface area contributed by atoms with Gasteiger partial charge in [-0.3, -0.25) is 4.79 Å². The minimum absolute atomic E-state index is 0.131. The molecule has 0 spiro atoms. The number of aliphatic hydroxyl groups is 5. The van der Waals surface area contributed by atoms with Crippen LogP contribution in [-0.4, -0.2) is 87.5 Å². The lowest BCUT2D eigenvalue weighted by Gasteiger charge is -2.40. The molecule has 1 heterocycles. The maximum atomic E-state index is 13.1. The number of nitrogens with one attached hydrogen (secondary N) is 1. The second kappa shape index (κ2) is 49.8. The van der Waals surface area contributed by atoms with E-state index in [1.165, 1.54) is 250 Å². The molecule has 0 radical (unpaired) electrons. The van der Waals surface area contributed by atoms with Gasteiger partial charge in [0.25, 0.3) is 0 Å². The van der Waals surface area contributed by atoms with Gasteiger partial charge in [-0.15, -0.1) is 0 Å². The molecule has 1 rings (SSSR count). The Morgan fingerprint density at radius 3 is 1.04 bits per heavy atom. The third kappa shape index (κ3) is 38.8. The van der Waals surface area contributed by atoms with E-state index < -0.39 is 49.5 Å². The molecule has 68 heavy (non-hydrogen) atoms. The van der Waals surface area contributed by atoms with Crippen LogP contribution >= 0.6 is 0 Å². The Morgan fingerprint density at radius 1 is 0.441 bits per heavy atom. The highest BCUT2D eigenvalue weighted by Gasteiger charge is 2.44. The van der Waals surface area contributed by atoms with Gasteiger partial charge in [-0.05, 0) is 12.8 Å². The van der Waals surface area contributed by atoms with Crippen molar-refractivity contribution in [1.82, 2.24) is 5.32 Å². The van der Waals surface area contributed by atoms with Crippen LogP contribution in [0.15, 0.2) is 0 Å². The van der Waals surface area contributed by atoms with Crippen molar-refractivity contribution in [1.29, 1.82) is 0 Å². The van der Waals surface area contributed by atoms with E-state index in [-0.39, 0.29) is 12.5 Å². The maximum Gasteiger partial charge on any atom is 0.220 e. The van der Waals surface area contributed by atoms with Gasteiger partial charge in [0, 0.05) is 6.42 Å². The van der Waals surface area contributed by atoms with E-state index in [4.69, 9.17) is 9.47 Å². The molecule has 0 aromatic carbocycles. The van der Waals surface area contributed by atoms with E-state index in [0.29, 0.717) is 12.8 Å². The van der Waals surface area contributed by atoms with E-state index in [1.54, 1.807) is 0 Å². The molecule has 0 bridgehead atoms. The fourth-order valence-electron chi connectivity index (χ4n) is 10.2. The molecule has 2 unspecified atom stereocenters. The lowest BCUT2D eigenvalue weighted by Crippen LogP contribution is -2.60. The summed E-state index contributed by atoms with van der Waals surface area (Å²) < 4.78 is 11.3. The molecule has 1 aliphatic rings. The lowest BCUT2D eigenvalue weighted by molar-refractivity contribution is -0.302. The minimum atomic E-state index is -1.55. The predicted octanol–water partition coefficient (Wildman–Crippen LogP) is 15.0. The van der Waals surface area contributed by atoms with Crippen LogP contribution in [0, 0.1) is 0 Å². The zero-order valence-electron chi connectivity index (χ0n) is 45.2. The Labute approximate surface area is 421 Å². The summed E-state index contributed by atoms with van der Waals surface area (Å²) >= 11 is 0. The molecule has 406 valence electrons. The van der Waals surface area contributed by atoms with Gasteiger partial charge >= 0.3 is 0 Å². The van der Waals surface area contributed by atoms with Crippen LogP contribution in [-0.2, 0) is 14.3 Å². The summed E-state index contributed by atoms with van der Waals surface area (Å²) in [5.74, 6) is -0.136. The topological polar surface area (TPSA) is 149 Å². The number of unbranched alkanes of at least 4 members (excludes halogenated alkanes) is 43. The zero-order chi connectivity index (χ0) is 49.4. The Balaban J connectivity index is 2.10. The number of carbonyl (C=O) groups excluding carboxylic acids is 1. The van der Waals surface area contributed by atoms with Gasteiger partial charge in [0.15, 0.2) is 6.29 Å². The highest BCUT2D eigenvalue weighted by molar-refractivity contribution is 5.76. The summed E-state index contributed by atoms with van der Waals surface area (Å²) in [6.45, 7) is 3.88. The largest absolute Gasteiger partial charge is 0.394 e. The number of aliphatic hydroxyl groups excluding tert-OH is 5. The first-order valence-corrected chi connectivity index (χ1v) is 30.2. The molecular formula is C59H117NO8. The normalized spacial score (nSPS) is 19.4. The Morgan fingerprint density at radius 2 is 0.735 bits per heavy atom. The first-order chi connectivity index (χ1) is 33.3. The summed E-state index contributed by atoms with van der Waals surface area (Å²) in [5, 5.41) is 54.6. The van der Waals surface area contributed by atoms with Crippen LogP contribution in [0.1, 0.15) is 316 Å². The third-order valence-corrected chi connectivity index (χ3v) is 15.0. The molecule has 1 amide bonds. The highest BCUT2D eigenvalue weighted by atomic mass is 16.7. The van der Waals surface area contributed by atoms with Crippen molar-refractivity contribution in [3.63, 3.8) is 0 Å². The molecule has 0 aromatic rings. The predicted molar refractivity (Wildman–Crippen MR) is 286 cm³/mol. The van der Waals surface area contributed by atoms with Crippen LogP contribution in [0.3, 0.4) is 0 Å². The van der Waals surface area contributed by atoms with E-state index in [2.05, 4.69) is 19.2 Å². The lowest BCUT2D eigenvalue weighted by atomic mass is 9.99. The molecule has 1 fully saturated rings. The molecule has 1 aliphatic heterocycles. The fourth-order valence-corrected chi connectivity index (χ4v) is 10.2. The van der Waals surface area contributed by atoms with Crippen LogP contribution in [0.4, 0.5) is 0 Å². The van der Waals surface area contributed by atoms with Gasteiger partial charge in [0.05, 0.1) is 25.4 Å². The molecule has 0 aliphatic carbocycles. The monoisotopic (exact) mass is 968 g/mol. The van der Waals surface area contributed by atoms with E-state index >= 15 is 0 Å². The number of rotatable bonds is 53. The summed E-state index contributed by atoms with van der Waals surface area (Å²) in [6, 6.07) is -0.713. The first kappa shape index (κ1) is 65.2. The molecule has 6 N–H and O–H groups in total. The van der Waals surface area contributed by atoms with Crippen molar-refractivity contribution in [3.05, 3.63) is 0 Å². The van der Waals surface area contributed by atoms with Gasteiger partial charge in [-0.25, -0.2) is 0 Å². The average Bonchev–Trinajstić information content (AvgIpc) is 3.34. The van der Waals surface area contributed by atoms with Crippen molar-refractivity contribution < 1.29 is 39.8 Å². The quantitative estimate of drug-likeness (QED) is 0.0330. The van der Waals surface area contributed by atoms with Gasteiger partial charge in [0.2, 0.25) is 5.91 Å². The SMILES string of the molecule is CCCCCCCCCCCCCCCCCCCCCCCCCCCCCCCCC(=O)N[C@@H](CO[C@@H]1O[C@H](CO)[C@H](O)C(O)C1O)[C@H](O)CCCCCCCCCCCCCCCCC.